The molecule has 0 amide bonds. The van der Waals surface area contributed by atoms with Crippen molar-refractivity contribution in [3.8, 4) is 0 Å². The summed E-state index contributed by atoms with van der Waals surface area (Å²) in [5.74, 6) is 1.00. The zero-order valence-electron chi connectivity index (χ0n) is 6.09. The summed E-state index contributed by atoms with van der Waals surface area (Å²) in [6, 6.07) is 0. The first-order chi connectivity index (χ1) is 4.11. The number of thioether (sulfide) groups is 1. The lowest BCUT2D eigenvalue weighted by Gasteiger charge is -2.28. The summed E-state index contributed by atoms with van der Waals surface area (Å²) < 4.78 is 0. The van der Waals surface area contributed by atoms with Gasteiger partial charge in [0.2, 0.25) is 0 Å². The molecule has 1 rings (SSSR count). The van der Waals surface area contributed by atoms with Crippen LogP contribution in [-0.4, -0.2) is 22.0 Å². The van der Waals surface area contributed by atoms with Crippen molar-refractivity contribution in [2.45, 2.75) is 26.3 Å². The number of hydrogen-bond acceptors (Lipinski definition) is 3. The van der Waals surface area contributed by atoms with E-state index in [0.29, 0.717) is 0 Å². The molecule has 2 nitrogen and oxygen atoms in total. The first-order valence-corrected chi connectivity index (χ1v) is 4.07. The molecule has 1 heterocycles. The Bertz CT molecular complexity index is 126. The summed E-state index contributed by atoms with van der Waals surface area (Å²) in [5, 5.41) is 6.26. The summed E-state index contributed by atoms with van der Waals surface area (Å²) >= 11 is 1.74. The highest BCUT2D eigenvalue weighted by atomic mass is 32.2. The van der Waals surface area contributed by atoms with Crippen LogP contribution in [0.15, 0.2) is 5.10 Å². The monoisotopic (exact) mass is 144 g/mol. The zero-order chi connectivity index (χ0) is 6.91. The minimum Gasteiger partial charge on any atom is -0.281 e. The zero-order valence-corrected chi connectivity index (χ0v) is 6.90. The number of nitrogens with zero attached hydrogens (tertiary/aromatic N) is 2. The molecule has 3 heteroatoms. The van der Waals surface area contributed by atoms with E-state index in [1.54, 1.807) is 11.8 Å². The highest BCUT2D eigenvalue weighted by Crippen LogP contribution is 2.20. The Hall–Kier alpha value is -0.180. The first kappa shape index (κ1) is 6.93. The van der Waals surface area contributed by atoms with Gasteiger partial charge in [-0.3, -0.25) is 5.01 Å². The van der Waals surface area contributed by atoms with Gasteiger partial charge in [-0.15, -0.1) is 0 Å². The van der Waals surface area contributed by atoms with Crippen molar-refractivity contribution in [3.63, 3.8) is 0 Å². The van der Waals surface area contributed by atoms with Gasteiger partial charge in [0, 0.05) is 0 Å². The molecule has 0 bridgehead atoms. The molecule has 0 atom stereocenters. The van der Waals surface area contributed by atoms with Crippen LogP contribution in [0.5, 0.6) is 0 Å². The minimum absolute atomic E-state index is 0.194. The smallest absolute Gasteiger partial charge is 0.0877 e. The predicted molar refractivity (Wildman–Crippen MR) is 42.5 cm³/mol. The van der Waals surface area contributed by atoms with Gasteiger partial charge in [0.15, 0.2) is 0 Å². The fourth-order valence-corrected chi connectivity index (χ4v) is 1.44. The van der Waals surface area contributed by atoms with Crippen molar-refractivity contribution in [1.82, 2.24) is 5.01 Å². The molecule has 0 saturated carbocycles. The van der Waals surface area contributed by atoms with Crippen molar-refractivity contribution in [2.24, 2.45) is 5.10 Å². The van der Waals surface area contributed by atoms with Gasteiger partial charge in [-0.2, -0.15) is 5.10 Å². The van der Waals surface area contributed by atoms with Crippen LogP contribution in [0, 0.1) is 0 Å². The maximum Gasteiger partial charge on any atom is 0.0877 e. The largest absolute Gasteiger partial charge is 0.281 e. The first-order valence-electron chi connectivity index (χ1n) is 3.02. The van der Waals surface area contributed by atoms with Crippen molar-refractivity contribution < 1.29 is 0 Å². The summed E-state index contributed by atoms with van der Waals surface area (Å²) in [4.78, 5) is 0. The average Bonchev–Trinajstić information content (AvgIpc) is 2.08. The van der Waals surface area contributed by atoms with Crippen molar-refractivity contribution >= 4 is 17.3 Å². The van der Waals surface area contributed by atoms with E-state index in [1.165, 1.54) is 0 Å². The topological polar surface area (TPSA) is 15.6 Å². The highest BCUT2D eigenvalue weighted by Gasteiger charge is 2.20. The van der Waals surface area contributed by atoms with Crippen LogP contribution in [0.25, 0.3) is 0 Å². The van der Waals surface area contributed by atoms with Gasteiger partial charge in [-0.1, -0.05) is 11.8 Å². The molecule has 1 aliphatic heterocycles. The normalized spacial score (nSPS) is 19.2. The molecule has 9 heavy (non-hydrogen) atoms. The molecule has 0 aliphatic carbocycles. The third-order valence-electron chi connectivity index (χ3n) is 1.23. The molecule has 0 aromatic carbocycles. The van der Waals surface area contributed by atoms with E-state index in [4.69, 9.17) is 0 Å². The van der Waals surface area contributed by atoms with Crippen LogP contribution < -0.4 is 0 Å². The number of hydrazone groups is 1. The summed E-state index contributed by atoms with van der Waals surface area (Å²) in [6.07, 6.45) is 0. The summed E-state index contributed by atoms with van der Waals surface area (Å²) in [5.41, 5.74) is 2.09. The van der Waals surface area contributed by atoms with Crippen LogP contribution in [0.1, 0.15) is 20.8 Å². The SMILES string of the molecule is CC(C)(C)N1CSC=N1. The Balaban J connectivity index is 2.53. The Labute approximate surface area is 60.3 Å². The maximum atomic E-state index is 4.18. The summed E-state index contributed by atoms with van der Waals surface area (Å²) in [7, 11) is 0. The van der Waals surface area contributed by atoms with Gasteiger partial charge < -0.3 is 0 Å². The molecule has 52 valence electrons. The molecule has 0 N–H and O–H groups in total. The third-order valence-corrected chi connectivity index (χ3v) is 1.87. The molecule has 0 aromatic rings. The second-order valence-corrected chi connectivity index (χ2v) is 3.89. The van der Waals surface area contributed by atoms with E-state index in [0.717, 1.165) is 5.88 Å². The predicted octanol–water partition coefficient (Wildman–Crippen LogP) is 1.73. The molecule has 0 unspecified atom stereocenters. The molecular formula is C6H12N2S. The van der Waals surface area contributed by atoms with Crippen LogP contribution >= 0.6 is 11.8 Å². The Morgan fingerprint density at radius 1 is 1.56 bits per heavy atom. The summed E-state index contributed by atoms with van der Waals surface area (Å²) in [6.45, 7) is 6.49. The van der Waals surface area contributed by atoms with Gasteiger partial charge in [0.25, 0.3) is 0 Å². The lowest BCUT2D eigenvalue weighted by atomic mass is 10.1. The average molecular weight is 144 g/mol. The minimum atomic E-state index is 0.194. The van der Waals surface area contributed by atoms with E-state index >= 15 is 0 Å². The maximum absolute atomic E-state index is 4.18. The standard InChI is InChI=1S/C6H12N2S/c1-6(2,3)8-5-9-4-7-8/h4H,5H2,1-3H3. The van der Waals surface area contributed by atoms with Crippen LogP contribution in [0.4, 0.5) is 0 Å². The number of rotatable bonds is 0. The van der Waals surface area contributed by atoms with Crippen molar-refractivity contribution in [3.05, 3.63) is 0 Å². The highest BCUT2D eigenvalue weighted by molar-refractivity contribution is 8.12. The van der Waals surface area contributed by atoms with Crippen LogP contribution in [0.2, 0.25) is 0 Å². The molecule has 0 fully saturated rings. The van der Waals surface area contributed by atoms with Crippen molar-refractivity contribution in [1.29, 1.82) is 0 Å². The fraction of sp³-hybridized carbons (Fsp3) is 0.833. The number of hydrogen-bond donors (Lipinski definition) is 0. The molecule has 0 spiro atoms. The molecule has 0 radical (unpaired) electrons. The van der Waals surface area contributed by atoms with Crippen LogP contribution in [0.3, 0.4) is 0 Å². The van der Waals surface area contributed by atoms with Gasteiger partial charge in [-0.25, -0.2) is 0 Å². The molecular weight excluding hydrogens is 132 g/mol. The van der Waals surface area contributed by atoms with Gasteiger partial charge in [0.05, 0.1) is 17.0 Å². The second-order valence-electron chi connectivity index (χ2n) is 3.09. The van der Waals surface area contributed by atoms with Crippen LogP contribution in [-0.2, 0) is 0 Å². The molecule has 0 aromatic heterocycles. The van der Waals surface area contributed by atoms with Gasteiger partial charge >= 0.3 is 0 Å². The second kappa shape index (κ2) is 2.21. The van der Waals surface area contributed by atoms with E-state index in [2.05, 4.69) is 30.9 Å². The lowest BCUT2D eigenvalue weighted by Crippen LogP contribution is -2.34. The Morgan fingerprint density at radius 3 is 2.44 bits per heavy atom. The Kier molecular flexibility index (Phi) is 1.70. The molecule has 0 saturated heterocycles. The quantitative estimate of drug-likeness (QED) is 0.514. The van der Waals surface area contributed by atoms with E-state index in [1.807, 2.05) is 5.55 Å². The molecule has 1 aliphatic rings. The van der Waals surface area contributed by atoms with E-state index < -0.39 is 0 Å². The van der Waals surface area contributed by atoms with E-state index in [9.17, 15) is 0 Å². The fourth-order valence-electron chi connectivity index (χ4n) is 0.594. The van der Waals surface area contributed by atoms with E-state index in [-0.39, 0.29) is 5.54 Å². The third kappa shape index (κ3) is 1.61. The Morgan fingerprint density at radius 2 is 2.22 bits per heavy atom. The van der Waals surface area contributed by atoms with Gasteiger partial charge in [-0.05, 0) is 20.8 Å². The lowest BCUT2D eigenvalue weighted by molar-refractivity contribution is 0.179. The van der Waals surface area contributed by atoms with Gasteiger partial charge in [0.1, 0.15) is 0 Å². The van der Waals surface area contributed by atoms with Crippen molar-refractivity contribution in [2.75, 3.05) is 5.88 Å².